The number of hydrogen-bond acceptors (Lipinski definition) is 3. The molecule has 30 heavy (non-hydrogen) atoms. The molecule has 6 atom stereocenters. The third kappa shape index (κ3) is 2.63. The molecule has 1 aromatic rings. The van der Waals surface area contributed by atoms with Crippen molar-refractivity contribution in [3.63, 3.8) is 0 Å². The van der Waals surface area contributed by atoms with E-state index in [9.17, 15) is 14.4 Å². The molecule has 2 bridgehead atoms. The predicted octanol–water partition coefficient (Wildman–Crippen LogP) is 3.55. The van der Waals surface area contributed by atoms with Gasteiger partial charge in [-0.15, -0.1) is 0 Å². The molecule has 0 aromatic heterocycles. The number of carbonyl (C=O) groups excluding carboxylic acids is 3. The fourth-order valence-corrected chi connectivity index (χ4v) is 6.90. The van der Waals surface area contributed by atoms with Gasteiger partial charge in [-0.3, -0.25) is 19.3 Å². The van der Waals surface area contributed by atoms with Gasteiger partial charge in [-0.05, 0) is 80.4 Å². The van der Waals surface area contributed by atoms with E-state index >= 15 is 0 Å². The first kappa shape index (κ1) is 18.3. The Morgan fingerprint density at radius 3 is 2.20 bits per heavy atom. The van der Waals surface area contributed by atoms with Crippen LogP contribution in [0.5, 0.6) is 0 Å². The van der Waals surface area contributed by atoms with Crippen molar-refractivity contribution >= 4 is 23.4 Å². The molecular weight excluding hydrogens is 376 g/mol. The van der Waals surface area contributed by atoms with Gasteiger partial charge in [0.15, 0.2) is 0 Å². The van der Waals surface area contributed by atoms with Crippen LogP contribution in [0.2, 0.25) is 0 Å². The number of likely N-dealkylation sites (tertiary alicyclic amines) is 1. The van der Waals surface area contributed by atoms with Crippen molar-refractivity contribution < 1.29 is 14.4 Å². The monoisotopic (exact) mass is 404 g/mol. The number of carbonyl (C=O) groups is 3. The van der Waals surface area contributed by atoms with E-state index in [0.29, 0.717) is 11.8 Å². The van der Waals surface area contributed by atoms with Crippen molar-refractivity contribution in [1.82, 2.24) is 4.90 Å². The number of nitrogens with zero attached hydrogens (tertiary/aromatic N) is 1. The summed E-state index contributed by atoms with van der Waals surface area (Å²) in [5.74, 6) is 1.75. The Labute approximate surface area is 176 Å². The van der Waals surface area contributed by atoms with Gasteiger partial charge in [0.1, 0.15) is 0 Å². The van der Waals surface area contributed by atoms with E-state index in [2.05, 4.69) is 17.5 Å². The molecule has 1 heterocycles. The third-order valence-corrected chi connectivity index (χ3v) is 8.42. The maximum absolute atomic E-state index is 13.3. The van der Waals surface area contributed by atoms with Crippen molar-refractivity contribution in [3.8, 4) is 0 Å². The lowest BCUT2D eigenvalue weighted by Gasteiger charge is -2.37. The standard InChI is InChI=1S/C25H28N2O3/c1-13-3-2-4-15(11-13)26-23(28)14-5-7-16(8-6-14)27-24(29)21-17-9-10-18(20-12-19(17)20)22(21)25(27)30/h2-4,9-11,14,16-22H,5-8,12H2,1H3,(H,26,28)/t14?,16?,17-,18-,19-,20-,21+,22+/m1/s1. The Kier molecular flexibility index (Phi) is 4.00. The van der Waals surface area contributed by atoms with Crippen LogP contribution in [0.3, 0.4) is 0 Å². The van der Waals surface area contributed by atoms with E-state index < -0.39 is 0 Å². The topological polar surface area (TPSA) is 66.5 Å². The summed E-state index contributed by atoms with van der Waals surface area (Å²) in [6, 6.07) is 7.80. The highest BCUT2D eigenvalue weighted by Crippen LogP contribution is 2.65. The zero-order valence-corrected chi connectivity index (χ0v) is 17.3. The van der Waals surface area contributed by atoms with Crippen LogP contribution in [-0.4, -0.2) is 28.7 Å². The van der Waals surface area contributed by atoms with Gasteiger partial charge in [0.2, 0.25) is 17.7 Å². The molecule has 1 saturated heterocycles. The number of benzene rings is 1. The summed E-state index contributed by atoms with van der Waals surface area (Å²) in [5, 5.41) is 3.03. The number of anilines is 1. The number of imide groups is 1. The molecule has 3 saturated carbocycles. The van der Waals surface area contributed by atoms with Crippen molar-refractivity contribution in [1.29, 1.82) is 0 Å². The average molecular weight is 405 g/mol. The zero-order valence-electron chi connectivity index (χ0n) is 17.3. The molecule has 3 amide bonds. The maximum atomic E-state index is 13.3. The Bertz CT molecular complexity index is 925. The highest BCUT2D eigenvalue weighted by atomic mass is 16.2. The average Bonchev–Trinajstić information content (AvgIpc) is 3.52. The molecule has 5 heteroatoms. The number of rotatable bonds is 3. The lowest BCUT2D eigenvalue weighted by molar-refractivity contribution is -0.144. The lowest BCUT2D eigenvalue weighted by Crippen LogP contribution is -2.44. The molecule has 5 aliphatic carbocycles. The summed E-state index contributed by atoms with van der Waals surface area (Å²) in [6.45, 7) is 2.01. The van der Waals surface area contributed by atoms with Crippen LogP contribution in [-0.2, 0) is 14.4 Å². The minimum absolute atomic E-state index is 0.0330. The molecule has 1 aliphatic heterocycles. The first-order valence-electron chi connectivity index (χ1n) is 11.5. The molecule has 7 rings (SSSR count). The lowest BCUT2D eigenvalue weighted by atomic mass is 9.63. The van der Waals surface area contributed by atoms with Gasteiger partial charge in [-0.1, -0.05) is 24.3 Å². The van der Waals surface area contributed by atoms with E-state index in [1.54, 1.807) is 4.90 Å². The van der Waals surface area contributed by atoms with E-state index in [-0.39, 0.29) is 53.4 Å². The Morgan fingerprint density at radius 1 is 0.967 bits per heavy atom. The minimum Gasteiger partial charge on any atom is -0.326 e. The second-order valence-corrected chi connectivity index (χ2v) is 10.1. The van der Waals surface area contributed by atoms with Crippen LogP contribution >= 0.6 is 0 Å². The number of allylic oxidation sites excluding steroid dienone is 2. The predicted molar refractivity (Wildman–Crippen MR) is 112 cm³/mol. The fraction of sp³-hybridized carbons (Fsp3) is 0.560. The minimum atomic E-state index is -0.112. The Hall–Kier alpha value is -2.43. The third-order valence-electron chi connectivity index (χ3n) is 8.42. The normalized spacial score (nSPS) is 40.9. The van der Waals surface area contributed by atoms with Crippen LogP contribution in [0.1, 0.15) is 37.7 Å². The van der Waals surface area contributed by atoms with Gasteiger partial charge >= 0.3 is 0 Å². The molecule has 1 aromatic carbocycles. The second kappa shape index (κ2) is 6.53. The summed E-state index contributed by atoms with van der Waals surface area (Å²) >= 11 is 0. The molecule has 0 radical (unpaired) electrons. The maximum Gasteiger partial charge on any atom is 0.233 e. The van der Waals surface area contributed by atoms with Gasteiger partial charge < -0.3 is 5.32 Å². The highest BCUT2D eigenvalue weighted by Gasteiger charge is 2.67. The molecule has 6 aliphatic rings. The summed E-state index contributed by atoms with van der Waals surface area (Å²) in [5.41, 5.74) is 1.95. The van der Waals surface area contributed by atoms with Gasteiger partial charge in [0, 0.05) is 17.6 Å². The van der Waals surface area contributed by atoms with Crippen molar-refractivity contribution in [2.45, 2.75) is 45.1 Å². The molecule has 4 fully saturated rings. The van der Waals surface area contributed by atoms with E-state index in [1.807, 2.05) is 31.2 Å². The fourth-order valence-electron chi connectivity index (χ4n) is 6.90. The van der Waals surface area contributed by atoms with E-state index in [0.717, 1.165) is 36.9 Å². The van der Waals surface area contributed by atoms with Gasteiger partial charge in [0.25, 0.3) is 0 Å². The van der Waals surface area contributed by atoms with Crippen LogP contribution < -0.4 is 5.32 Å². The van der Waals surface area contributed by atoms with Crippen molar-refractivity contribution in [2.75, 3.05) is 5.32 Å². The summed E-state index contributed by atoms with van der Waals surface area (Å²) < 4.78 is 0. The molecule has 156 valence electrons. The largest absolute Gasteiger partial charge is 0.326 e. The number of nitrogens with one attached hydrogen (secondary N) is 1. The first-order valence-corrected chi connectivity index (χ1v) is 11.5. The zero-order chi connectivity index (χ0) is 20.6. The summed E-state index contributed by atoms with van der Waals surface area (Å²) in [7, 11) is 0. The molecule has 0 spiro atoms. The first-order chi connectivity index (χ1) is 14.5. The summed E-state index contributed by atoms with van der Waals surface area (Å²) in [6.07, 6.45) is 8.56. The highest BCUT2D eigenvalue weighted by molar-refractivity contribution is 6.06. The smallest absolute Gasteiger partial charge is 0.233 e. The quantitative estimate of drug-likeness (QED) is 0.619. The van der Waals surface area contributed by atoms with Crippen molar-refractivity contribution in [2.24, 2.45) is 41.4 Å². The number of amides is 3. The number of aryl methyl sites for hydroxylation is 1. The Balaban J connectivity index is 1.12. The van der Waals surface area contributed by atoms with Gasteiger partial charge in [-0.2, -0.15) is 0 Å². The Morgan fingerprint density at radius 2 is 1.60 bits per heavy atom. The SMILES string of the molecule is Cc1cccc(NC(=O)C2CCC(N3C(=O)[C@H]4[C@@H]5C=C[C@H]([C@H]6C[C@H]56)[C@@H]4C3=O)CC2)c1. The molecule has 0 unspecified atom stereocenters. The number of hydrogen-bond donors (Lipinski definition) is 1. The molecular formula is C25H28N2O3. The van der Waals surface area contributed by atoms with Crippen LogP contribution in [0.15, 0.2) is 36.4 Å². The van der Waals surface area contributed by atoms with Gasteiger partial charge in [-0.25, -0.2) is 0 Å². The van der Waals surface area contributed by atoms with Crippen LogP contribution in [0.4, 0.5) is 5.69 Å². The molecule has 5 nitrogen and oxygen atoms in total. The summed E-state index contributed by atoms with van der Waals surface area (Å²) in [4.78, 5) is 40.9. The van der Waals surface area contributed by atoms with E-state index in [4.69, 9.17) is 0 Å². The van der Waals surface area contributed by atoms with Crippen LogP contribution in [0, 0.1) is 48.3 Å². The van der Waals surface area contributed by atoms with E-state index in [1.165, 1.54) is 6.42 Å². The van der Waals surface area contributed by atoms with Crippen molar-refractivity contribution in [3.05, 3.63) is 42.0 Å². The second-order valence-electron chi connectivity index (χ2n) is 10.1. The molecule has 1 N–H and O–H groups in total. The van der Waals surface area contributed by atoms with Crippen LogP contribution in [0.25, 0.3) is 0 Å². The van der Waals surface area contributed by atoms with Gasteiger partial charge in [0.05, 0.1) is 11.8 Å².